The van der Waals surface area contributed by atoms with E-state index in [1.165, 1.54) is 4.31 Å². The highest BCUT2D eigenvalue weighted by Gasteiger charge is 2.31. The first-order chi connectivity index (χ1) is 12.4. The van der Waals surface area contributed by atoms with Gasteiger partial charge in [0.05, 0.1) is 32.9 Å². The van der Waals surface area contributed by atoms with Crippen LogP contribution in [0.15, 0.2) is 36.5 Å². The van der Waals surface area contributed by atoms with Gasteiger partial charge in [0.15, 0.2) is 0 Å². The first kappa shape index (κ1) is 17.2. The molecule has 9 heteroatoms. The number of fused-ring (bicyclic) bond motifs is 3. The summed E-state index contributed by atoms with van der Waals surface area (Å²) in [6.07, 6.45) is 1.58. The third kappa shape index (κ3) is 2.81. The quantitative estimate of drug-likeness (QED) is 0.673. The third-order valence-corrected chi connectivity index (χ3v) is 6.27. The molecule has 26 heavy (non-hydrogen) atoms. The van der Waals surface area contributed by atoms with Gasteiger partial charge in [0, 0.05) is 24.7 Å². The predicted molar refractivity (Wildman–Crippen MR) is 101 cm³/mol. The SMILES string of the molecule is N#Cc1cccc(CN2Cc3cc(Cl)c4c(Cl)c[nH]c4c3NS2(=O)=O)c1. The zero-order chi connectivity index (χ0) is 18.5. The second-order valence-corrected chi connectivity index (χ2v) is 8.45. The van der Waals surface area contributed by atoms with E-state index in [1.54, 1.807) is 36.5 Å². The van der Waals surface area contributed by atoms with Gasteiger partial charge in [-0.1, -0.05) is 35.3 Å². The van der Waals surface area contributed by atoms with Gasteiger partial charge in [-0.3, -0.25) is 4.72 Å². The number of hydrogen-bond acceptors (Lipinski definition) is 3. The van der Waals surface area contributed by atoms with Gasteiger partial charge in [0.25, 0.3) is 0 Å². The van der Waals surface area contributed by atoms with E-state index in [9.17, 15) is 8.42 Å². The van der Waals surface area contributed by atoms with Gasteiger partial charge in [0.2, 0.25) is 0 Å². The van der Waals surface area contributed by atoms with Gasteiger partial charge in [0.1, 0.15) is 0 Å². The van der Waals surface area contributed by atoms with E-state index in [-0.39, 0.29) is 13.1 Å². The summed E-state index contributed by atoms with van der Waals surface area (Å²) in [5.41, 5.74) is 2.97. The van der Waals surface area contributed by atoms with Crippen molar-refractivity contribution >= 4 is 50.0 Å². The smallest absolute Gasteiger partial charge is 0.302 e. The lowest BCUT2D eigenvalue weighted by Crippen LogP contribution is -2.39. The van der Waals surface area contributed by atoms with Crippen molar-refractivity contribution in [1.29, 1.82) is 5.26 Å². The van der Waals surface area contributed by atoms with Gasteiger partial charge >= 0.3 is 10.2 Å². The fraction of sp³-hybridized carbons (Fsp3) is 0.118. The normalized spacial score (nSPS) is 16.0. The molecule has 4 rings (SSSR count). The Morgan fingerprint density at radius 2 is 2.04 bits per heavy atom. The number of aromatic nitrogens is 1. The Kier molecular flexibility index (Phi) is 4.09. The Morgan fingerprint density at radius 3 is 2.81 bits per heavy atom. The van der Waals surface area contributed by atoms with Crippen LogP contribution in [-0.2, 0) is 23.3 Å². The highest BCUT2D eigenvalue weighted by molar-refractivity contribution is 7.90. The highest BCUT2D eigenvalue weighted by Crippen LogP contribution is 2.40. The summed E-state index contributed by atoms with van der Waals surface area (Å²) >= 11 is 12.4. The number of rotatable bonds is 2. The van der Waals surface area contributed by atoms with Crippen LogP contribution < -0.4 is 4.72 Å². The summed E-state index contributed by atoms with van der Waals surface area (Å²) in [6.45, 7) is 0.305. The van der Waals surface area contributed by atoms with Crippen molar-refractivity contribution in [2.75, 3.05) is 4.72 Å². The molecule has 132 valence electrons. The van der Waals surface area contributed by atoms with E-state index in [0.29, 0.717) is 32.2 Å². The first-order valence-electron chi connectivity index (χ1n) is 7.64. The minimum absolute atomic E-state index is 0.144. The van der Waals surface area contributed by atoms with Crippen LogP contribution in [0.25, 0.3) is 10.9 Å². The third-order valence-electron chi connectivity index (χ3n) is 4.28. The maximum absolute atomic E-state index is 12.7. The number of nitrogens with zero attached hydrogens (tertiary/aromatic N) is 2. The molecule has 2 N–H and O–H groups in total. The molecule has 1 aromatic heterocycles. The molecule has 0 radical (unpaired) electrons. The highest BCUT2D eigenvalue weighted by atomic mass is 35.5. The van der Waals surface area contributed by atoms with E-state index in [4.69, 9.17) is 28.5 Å². The number of nitrogens with one attached hydrogen (secondary N) is 2. The number of halogens is 2. The Labute approximate surface area is 160 Å². The van der Waals surface area contributed by atoms with E-state index >= 15 is 0 Å². The monoisotopic (exact) mass is 406 g/mol. The van der Waals surface area contributed by atoms with Crippen LogP contribution in [0.4, 0.5) is 5.69 Å². The van der Waals surface area contributed by atoms with Crippen molar-refractivity contribution in [3.05, 3.63) is 63.3 Å². The lowest BCUT2D eigenvalue weighted by molar-refractivity contribution is 0.400. The second-order valence-electron chi connectivity index (χ2n) is 5.97. The Bertz CT molecular complexity index is 1180. The molecule has 0 atom stereocenters. The first-order valence-corrected chi connectivity index (χ1v) is 9.83. The molecule has 0 bridgehead atoms. The summed E-state index contributed by atoms with van der Waals surface area (Å²) in [4.78, 5) is 2.98. The number of aromatic amines is 1. The molecular weight excluding hydrogens is 395 g/mol. The van der Waals surface area contributed by atoms with Gasteiger partial charge in [-0.15, -0.1) is 0 Å². The molecule has 2 aromatic carbocycles. The maximum atomic E-state index is 12.7. The topological polar surface area (TPSA) is 89.0 Å². The van der Waals surface area contributed by atoms with Gasteiger partial charge in [-0.05, 0) is 29.3 Å². The fourth-order valence-corrected chi connectivity index (χ4v) is 4.96. The molecule has 0 aliphatic carbocycles. The number of hydrogen-bond donors (Lipinski definition) is 2. The number of nitriles is 1. The molecule has 0 saturated carbocycles. The van der Waals surface area contributed by atoms with E-state index < -0.39 is 10.2 Å². The maximum Gasteiger partial charge on any atom is 0.302 e. The Balaban J connectivity index is 1.76. The standard InChI is InChI=1S/C17H12Cl2N4O2S/c18-13-5-12-9-23(8-11-3-1-2-10(4-11)6-20)26(24,25)22-16(12)17-15(13)14(19)7-21-17/h1-5,7,21-22H,8-9H2. The van der Waals surface area contributed by atoms with Crippen molar-refractivity contribution in [1.82, 2.24) is 9.29 Å². The number of anilines is 1. The molecule has 3 aromatic rings. The van der Waals surface area contributed by atoms with Crippen LogP contribution >= 0.6 is 23.2 Å². The summed E-state index contributed by atoms with van der Waals surface area (Å²) < 4.78 is 29.3. The van der Waals surface area contributed by atoms with Crippen molar-refractivity contribution in [3.63, 3.8) is 0 Å². The Hall–Kier alpha value is -2.24. The molecule has 1 aliphatic rings. The summed E-state index contributed by atoms with van der Waals surface area (Å²) in [7, 11) is -3.76. The molecule has 0 spiro atoms. The molecule has 6 nitrogen and oxygen atoms in total. The van der Waals surface area contributed by atoms with E-state index in [0.717, 1.165) is 11.1 Å². The van der Waals surface area contributed by atoms with Crippen LogP contribution in [0.1, 0.15) is 16.7 Å². The van der Waals surface area contributed by atoms with E-state index in [2.05, 4.69) is 15.8 Å². The number of benzene rings is 2. The summed E-state index contributed by atoms with van der Waals surface area (Å²) in [5.74, 6) is 0. The minimum atomic E-state index is -3.76. The molecule has 0 amide bonds. The fourth-order valence-electron chi connectivity index (χ4n) is 3.08. The lowest BCUT2D eigenvalue weighted by Gasteiger charge is -2.30. The number of H-pyrrole nitrogens is 1. The minimum Gasteiger partial charge on any atom is -0.358 e. The lowest BCUT2D eigenvalue weighted by atomic mass is 10.1. The largest absolute Gasteiger partial charge is 0.358 e. The van der Waals surface area contributed by atoms with Crippen LogP contribution in [0, 0.1) is 11.3 Å². The van der Waals surface area contributed by atoms with Crippen LogP contribution in [-0.4, -0.2) is 17.7 Å². The van der Waals surface area contributed by atoms with Crippen molar-refractivity contribution < 1.29 is 8.42 Å². The van der Waals surface area contributed by atoms with Crippen molar-refractivity contribution in [2.24, 2.45) is 0 Å². The van der Waals surface area contributed by atoms with Crippen molar-refractivity contribution in [2.45, 2.75) is 13.1 Å². The van der Waals surface area contributed by atoms with Crippen molar-refractivity contribution in [3.8, 4) is 6.07 Å². The zero-order valence-electron chi connectivity index (χ0n) is 13.3. The Morgan fingerprint density at radius 1 is 1.23 bits per heavy atom. The molecule has 0 unspecified atom stereocenters. The van der Waals surface area contributed by atoms with Gasteiger partial charge in [-0.25, -0.2) is 0 Å². The van der Waals surface area contributed by atoms with Gasteiger partial charge in [-0.2, -0.15) is 18.0 Å². The average Bonchev–Trinajstić information content (AvgIpc) is 2.99. The van der Waals surface area contributed by atoms with Gasteiger partial charge < -0.3 is 4.98 Å². The molecule has 2 heterocycles. The predicted octanol–water partition coefficient (Wildman–Crippen LogP) is 4.02. The molecule has 0 saturated heterocycles. The second kappa shape index (κ2) is 6.18. The average molecular weight is 407 g/mol. The van der Waals surface area contributed by atoms with Crippen LogP contribution in [0.2, 0.25) is 10.0 Å². The van der Waals surface area contributed by atoms with Crippen LogP contribution in [0.5, 0.6) is 0 Å². The van der Waals surface area contributed by atoms with Crippen LogP contribution in [0.3, 0.4) is 0 Å². The van der Waals surface area contributed by atoms with E-state index in [1.807, 2.05) is 0 Å². The summed E-state index contributed by atoms with van der Waals surface area (Å²) in [6, 6.07) is 10.6. The summed E-state index contributed by atoms with van der Waals surface area (Å²) in [5, 5.41) is 10.5. The zero-order valence-corrected chi connectivity index (χ0v) is 15.6. The molecule has 1 aliphatic heterocycles. The molecular formula is C17H12Cl2N4O2S. The molecule has 0 fully saturated rings.